The number of likely N-dealkylation sites (tertiary alicyclic amines) is 1. The van der Waals surface area contributed by atoms with Crippen LogP contribution in [0.15, 0.2) is 48.5 Å². The summed E-state index contributed by atoms with van der Waals surface area (Å²) in [6.45, 7) is 2.85. The molecule has 6 heteroatoms. The van der Waals surface area contributed by atoms with Crippen molar-refractivity contribution in [3.63, 3.8) is 0 Å². The van der Waals surface area contributed by atoms with Gasteiger partial charge in [0.25, 0.3) is 5.91 Å². The van der Waals surface area contributed by atoms with Gasteiger partial charge in [-0.3, -0.25) is 9.59 Å². The van der Waals surface area contributed by atoms with Gasteiger partial charge < -0.3 is 15.3 Å². The van der Waals surface area contributed by atoms with Crippen LogP contribution in [0.2, 0.25) is 0 Å². The van der Waals surface area contributed by atoms with Crippen LogP contribution in [0.3, 0.4) is 0 Å². The van der Waals surface area contributed by atoms with Crippen LogP contribution >= 0.6 is 0 Å². The van der Waals surface area contributed by atoms with E-state index in [9.17, 15) is 19.5 Å². The molecule has 1 aliphatic heterocycles. The Bertz CT molecular complexity index is 876. The van der Waals surface area contributed by atoms with E-state index in [0.717, 1.165) is 25.8 Å². The van der Waals surface area contributed by atoms with Gasteiger partial charge in [0.1, 0.15) is 0 Å². The molecular formula is C22H24N2O4. The molecule has 1 unspecified atom stereocenters. The number of nitrogens with zero attached hydrogens (tertiary/aromatic N) is 1. The maximum Gasteiger partial charge on any atom is 0.335 e. The van der Waals surface area contributed by atoms with E-state index in [1.807, 2.05) is 4.90 Å². The Hall–Kier alpha value is -3.15. The number of hydrogen-bond donors (Lipinski definition) is 2. The summed E-state index contributed by atoms with van der Waals surface area (Å²) in [5.41, 5.74) is 1.75. The second-order valence-corrected chi connectivity index (χ2v) is 7.11. The van der Waals surface area contributed by atoms with E-state index in [1.54, 1.807) is 42.5 Å². The molecule has 1 fully saturated rings. The molecule has 1 atom stereocenters. The summed E-state index contributed by atoms with van der Waals surface area (Å²) in [5, 5.41) is 12.0. The molecule has 0 bridgehead atoms. The van der Waals surface area contributed by atoms with Gasteiger partial charge in [-0.1, -0.05) is 18.2 Å². The first-order valence-electron chi connectivity index (χ1n) is 9.48. The molecule has 2 aromatic rings. The maximum atomic E-state index is 12.7. The molecule has 0 radical (unpaired) electrons. The van der Waals surface area contributed by atoms with E-state index in [0.29, 0.717) is 16.8 Å². The lowest BCUT2D eigenvalue weighted by molar-refractivity contribution is -0.115. The number of aromatic carboxylic acids is 1. The van der Waals surface area contributed by atoms with Crippen molar-refractivity contribution in [2.45, 2.75) is 38.6 Å². The zero-order valence-corrected chi connectivity index (χ0v) is 15.9. The first kappa shape index (κ1) is 19.6. The number of hydrogen-bond acceptors (Lipinski definition) is 3. The van der Waals surface area contributed by atoms with Crippen LogP contribution in [0.1, 0.15) is 52.5 Å². The molecule has 1 saturated heterocycles. The summed E-state index contributed by atoms with van der Waals surface area (Å²) < 4.78 is 0. The van der Waals surface area contributed by atoms with Crippen LogP contribution in [0.5, 0.6) is 0 Å². The minimum Gasteiger partial charge on any atom is -0.478 e. The molecule has 1 aliphatic rings. The summed E-state index contributed by atoms with van der Waals surface area (Å²) in [7, 11) is 0. The number of piperidine rings is 1. The number of anilines is 1. The van der Waals surface area contributed by atoms with E-state index in [2.05, 4.69) is 12.2 Å². The van der Waals surface area contributed by atoms with Crippen LogP contribution in [-0.4, -0.2) is 40.4 Å². The van der Waals surface area contributed by atoms with Crippen LogP contribution in [0.25, 0.3) is 0 Å². The second-order valence-electron chi connectivity index (χ2n) is 7.11. The van der Waals surface area contributed by atoms with Gasteiger partial charge in [0, 0.05) is 23.8 Å². The molecule has 0 spiro atoms. The van der Waals surface area contributed by atoms with Crippen molar-refractivity contribution < 1.29 is 19.5 Å². The SMILES string of the molecule is CC1CCCCN1C(=O)c1ccc(NC(=O)Cc2ccccc2C(=O)O)cc1. The van der Waals surface area contributed by atoms with Crippen LogP contribution in [0, 0.1) is 0 Å². The third kappa shape index (κ3) is 4.57. The smallest absolute Gasteiger partial charge is 0.335 e. The molecule has 2 aromatic carbocycles. The van der Waals surface area contributed by atoms with Crippen molar-refractivity contribution in [2.24, 2.45) is 0 Å². The van der Waals surface area contributed by atoms with Crippen LogP contribution in [0.4, 0.5) is 5.69 Å². The van der Waals surface area contributed by atoms with Crippen LogP contribution < -0.4 is 5.32 Å². The summed E-state index contributed by atoms with van der Waals surface area (Å²) >= 11 is 0. The highest BCUT2D eigenvalue weighted by Crippen LogP contribution is 2.20. The molecule has 0 saturated carbocycles. The Balaban J connectivity index is 1.63. The normalized spacial score (nSPS) is 16.5. The van der Waals surface area contributed by atoms with Crippen LogP contribution in [-0.2, 0) is 11.2 Å². The average molecular weight is 380 g/mol. The number of carboxylic acids is 1. The number of rotatable bonds is 5. The zero-order valence-electron chi connectivity index (χ0n) is 15.9. The Labute approximate surface area is 164 Å². The minimum absolute atomic E-state index is 0.0143. The first-order chi connectivity index (χ1) is 13.5. The molecule has 3 rings (SSSR count). The van der Waals surface area contributed by atoms with Crippen molar-refractivity contribution >= 4 is 23.5 Å². The number of carbonyl (C=O) groups is 3. The maximum absolute atomic E-state index is 12.7. The van der Waals surface area contributed by atoms with Crippen molar-refractivity contribution in [3.8, 4) is 0 Å². The number of carbonyl (C=O) groups excluding carboxylic acids is 2. The highest BCUT2D eigenvalue weighted by molar-refractivity contribution is 5.97. The number of nitrogens with one attached hydrogen (secondary N) is 1. The fourth-order valence-electron chi connectivity index (χ4n) is 3.52. The van der Waals surface area contributed by atoms with Gasteiger partial charge in [-0.25, -0.2) is 4.79 Å². The lowest BCUT2D eigenvalue weighted by Gasteiger charge is -2.33. The summed E-state index contributed by atoms with van der Waals surface area (Å²) in [6, 6.07) is 13.5. The van der Waals surface area contributed by atoms with Gasteiger partial charge in [-0.05, 0) is 62.1 Å². The Morgan fingerprint density at radius 2 is 1.79 bits per heavy atom. The molecule has 28 heavy (non-hydrogen) atoms. The number of benzene rings is 2. The Kier molecular flexibility index (Phi) is 6.09. The second kappa shape index (κ2) is 8.69. The number of carboxylic acid groups (broad SMARTS) is 1. The lowest BCUT2D eigenvalue weighted by Crippen LogP contribution is -2.42. The van der Waals surface area contributed by atoms with E-state index in [1.165, 1.54) is 6.07 Å². The van der Waals surface area contributed by atoms with Crippen molar-refractivity contribution in [1.82, 2.24) is 4.90 Å². The number of amides is 2. The van der Waals surface area contributed by atoms with E-state index in [-0.39, 0.29) is 29.8 Å². The molecule has 2 amide bonds. The van der Waals surface area contributed by atoms with Crippen molar-refractivity contribution in [1.29, 1.82) is 0 Å². The molecule has 146 valence electrons. The Morgan fingerprint density at radius 1 is 1.07 bits per heavy atom. The first-order valence-corrected chi connectivity index (χ1v) is 9.48. The van der Waals surface area contributed by atoms with Gasteiger partial charge in [0.15, 0.2) is 0 Å². The van der Waals surface area contributed by atoms with E-state index >= 15 is 0 Å². The third-order valence-electron chi connectivity index (χ3n) is 5.08. The molecule has 0 aliphatic carbocycles. The fourth-order valence-corrected chi connectivity index (χ4v) is 3.52. The molecule has 1 heterocycles. The van der Waals surface area contributed by atoms with Crippen molar-refractivity contribution in [3.05, 3.63) is 65.2 Å². The van der Waals surface area contributed by atoms with Gasteiger partial charge in [0.2, 0.25) is 5.91 Å². The highest BCUT2D eigenvalue weighted by Gasteiger charge is 2.24. The molecule has 2 N–H and O–H groups in total. The largest absolute Gasteiger partial charge is 0.478 e. The predicted octanol–water partition coefficient (Wildman–Crippen LogP) is 3.58. The average Bonchev–Trinajstić information content (AvgIpc) is 2.68. The van der Waals surface area contributed by atoms with Gasteiger partial charge >= 0.3 is 5.97 Å². The quantitative estimate of drug-likeness (QED) is 0.830. The topological polar surface area (TPSA) is 86.7 Å². The Morgan fingerprint density at radius 3 is 2.46 bits per heavy atom. The minimum atomic E-state index is -1.06. The summed E-state index contributed by atoms with van der Waals surface area (Å²) in [6.07, 6.45) is 3.18. The predicted molar refractivity (Wildman–Crippen MR) is 107 cm³/mol. The lowest BCUT2D eigenvalue weighted by atomic mass is 10.0. The molecule has 0 aromatic heterocycles. The third-order valence-corrected chi connectivity index (χ3v) is 5.08. The molecular weight excluding hydrogens is 356 g/mol. The van der Waals surface area contributed by atoms with Crippen molar-refractivity contribution in [2.75, 3.05) is 11.9 Å². The monoisotopic (exact) mass is 380 g/mol. The fraction of sp³-hybridized carbons (Fsp3) is 0.318. The van der Waals surface area contributed by atoms with Gasteiger partial charge in [-0.2, -0.15) is 0 Å². The van der Waals surface area contributed by atoms with E-state index < -0.39 is 5.97 Å². The summed E-state index contributed by atoms with van der Waals surface area (Å²) in [5.74, 6) is -1.35. The highest BCUT2D eigenvalue weighted by atomic mass is 16.4. The van der Waals surface area contributed by atoms with Gasteiger partial charge in [0.05, 0.1) is 12.0 Å². The zero-order chi connectivity index (χ0) is 20.1. The standard InChI is InChI=1S/C22H24N2O4/c1-15-6-4-5-13-24(15)21(26)16-9-11-18(12-10-16)23-20(25)14-17-7-2-3-8-19(17)22(27)28/h2-3,7-12,15H,4-6,13-14H2,1H3,(H,23,25)(H,27,28). The van der Waals surface area contributed by atoms with Gasteiger partial charge in [-0.15, -0.1) is 0 Å². The summed E-state index contributed by atoms with van der Waals surface area (Å²) in [4.78, 5) is 38.1. The molecule has 6 nitrogen and oxygen atoms in total. The van der Waals surface area contributed by atoms with E-state index in [4.69, 9.17) is 0 Å².